The first-order chi connectivity index (χ1) is 14.1. The molecule has 3 heteroatoms. The predicted octanol–water partition coefficient (Wildman–Crippen LogP) is 6.78. The van der Waals surface area contributed by atoms with E-state index in [9.17, 15) is 0 Å². The molecule has 0 radical (unpaired) electrons. The van der Waals surface area contributed by atoms with E-state index in [2.05, 4.69) is 78.2 Å². The Labute approximate surface area is 177 Å². The Kier molecular flexibility index (Phi) is 3.22. The third-order valence-electron chi connectivity index (χ3n) is 9.06. The van der Waals surface area contributed by atoms with Crippen LogP contribution in [0.25, 0.3) is 10.2 Å². The van der Waals surface area contributed by atoms with Crippen molar-refractivity contribution in [2.24, 2.45) is 30.7 Å². The van der Waals surface area contributed by atoms with E-state index in [1.807, 2.05) is 0 Å². The van der Waals surface area contributed by atoms with E-state index in [0.29, 0.717) is 6.04 Å². The Morgan fingerprint density at radius 2 is 1.66 bits per heavy atom. The summed E-state index contributed by atoms with van der Waals surface area (Å²) in [5.74, 6) is 3.62. The SMILES string of the molecule is Cc1ccccc1N1C(C)c2sc3c(ccn3C)c2C12C1CC3CC(C1)CC2C3. The first-order valence-corrected chi connectivity index (χ1v) is 12.3. The Balaban J connectivity index is 1.55. The highest BCUT2D eigenvalue weighted by Crippen LogP contribution is 2.70. The molecule has 5 aliphatic rings. The third kappa shape index (κ3) is 1.90. The molecular weight excluding hydrogens is 372 g/mol. The first kappa shape index (κ1) is 17.0. The number of rotatable bonds is 1. The van der Waals surface area contributed by atoms with Crippen molar-refractivity contribution in [1.82, 2.24) is 4.57 Å². The van der Waals surface area contributed by atoms with Gasteiger partial charge in [-0.25, -0.2) is 0 Å². The summed E-state index contributed by atoms with van der Waals surface area (Å²) in [6, 6.07) is 12.1. The Morgan fingerprint density at radius 1 is 0.966 bits per heavy atom. The van der Waals surface area contributed by atoms with Gasteiger partial charge >= 0.3 is 0 Å². The molecule has 4 fully saturated rings. The number of nitrogens with zero attached hydrogens (tertiary/aromatic N) is 2. The molecule has 4 bridgehead atoms. The zero-order valence-corrected chi connectivity index (χ0v) is 18.5. The molecule has 1 spiro atoms. The number of fused-ring (bicyclic) bond motifs is 3. The zero-order valence-electron chi connectivity index (χ0n) is 17.7. The fourth-order valence-electron chi connectivity index (χ4n) is 8.33. The predicted molar refractivity (Wildman–Crippen MR) is 122 cm³/mol. The van der Waals surface area contributed by atoms with Crippen LogP contribution in [0.4, 0.5) is 5.69 Å². The second kappa shape index (κ2) is 5.49. The maximum Gasteiger partial charge on any atom is 0.103 e. The lowest BCUT2D eigenvalue weighted by Gasteiger charge is -2.64. The van der Waals surface area contributed by atoms with Gasteiger partial charge in [-0.2, -0.15) is 0 Å². The van der Waals surface area contributed by atoms with Gasteiger partial charge in [-0.3, -0.25) is 0 Å². The highest BCUT2D eigenvalue weighted by Gasteiger charge is 2.65. The summed E-state index contributed by atoms with van der Waals surface area (Å²) >= 11 is 2.07. The fraction of sp³-hybridized carbons (Fsp3) is 0.538. The second-order valence-corrected chi connectivity index (χ2v) is 11.5. The summed E-state index contributed by atoms with van der Waals surface area (Å²) < 4.78 is 2.35. The van der Waals surface area contributed by atoms with Gasteiger partial charge in [0.15, 0.2) is 0 Å². The number of para-hydroxylation sites is 1. The molecule has 8 rings (SSSR count). The summed E-state index contributed by atoms with van der Waals surface area (Å²) in [5, 5.41) is 1.56. The van der Waals surface area contributed by atoms with Crippen molar-refractivity contribution in [1.29, 1.82) is 0 Å². The van der Waals surface area contributed by atoms with Crippen LogP contribution in [0.1, 0.15) is 61.1 Å². The number of hydrogen-bond donors (Lipinski definition) is 0. The largest absolute Gasteiger partial charge is 0.353 e. The quantitative estimate of drug-likeness (QED) is 0.435. The summed E-state index contributed by atoms with van der Waals surface area (Å²) in [6.45, 7) is 4.80. The smallest absolute Gasteiger partial charge is 0.103 e. The topological polar surface area (TPSA) is 8.17 Å². The van der Waals surface area contributed by atoms with Gasteiger partial charge in [0.2, 0.25) is 0 Å². The normalized spacial score (nSPS) is 37.2. The fourth-order valence-corrected chi connectivity index (χ4v) is 9.68. The van der Waals surface area contributed by atoms with E-state index in [4.69, 9.17) is 0 Å². The monoisotopic (exact) mass is 402 g/mol. The van der Waals surface area contributed by atoms with Crippen LogP contribution in [0.2, 0.25) is 0 Å². The van der Waals surface area contributed by atoms with Gasteiger partial charge in [-0.1, -0.05) is 18.2 Å². The van der Waals surface area contributed by atoms with E-state index in [1.54, 1.807) is 15.8 Å². The van der Waals surface area contributed by atoms with Crippen molar-refractivity contribution in [2.45, 2.75) is 57.5 Å². The average Bonchev–Trinajstić information content (AvgIpc) is 3.31. The lowest BCUT2D eigenvalue weighted by molar-refractivity contribution is -0.0596. The van der Waals surface area contributed by atoms with Gasteiger partial charge in [-0.05, 0) is 87.3 Å². The highest BCUT2D eigenvalue weighted by molar-refractivity contribution is 7.19. The molecule has 2 aromatic heterocycles. The molecule has 29 heavy (non-hydrogen) atoms. The Bertz CT molecular complexity index is 1110. The van der Waals surface area contributed by atoms with Crippen LogP contribution in [0.5, 0.6) is 0 Å². The summed E-state index contributed by atoms with van der Waals surface area (Å²) in [6.07, 6.45) is 9.60. The van der Waals surface area contributed by atoms with Crippen molar-refractivity contribution < 1.29 is 0 Å². The van der Waals surface area contributed by atoms with Gasteiger partial charge in [0.25, 0.3) is 0 Å². The molecule has 150 valence electrons. The molecule has 1 atom stereocenters. The molecule has 0 saturated heterocycles. The standard InChI is InChI=1S/C26H30N2S/c1-15-6-4-5-7-22(15)28-16(2)24-23(21-8-9-27(3)25(21)29-24)26(28)19-11-17-10-18(13-19)14-20(26)12-17/h4-9,16-20H,10-14H2,1-3H3. The summed E-state index contributed by atoms with van der Waals surface area (Å²) in [7, 11) is 2.22. The van der Waals surface area contributed by atoms with E-state index in [0.717, 1.165) is 23.7 Å². The molecule has 1 aromatic carbocycles. The number of thiophene rings is 1. The van der Waals surface area contributed by atoms with Crippen molar-refractivity contribution in [3.63, 3.8) is 0 Å². The minimum Gasteiger partial charge on any atom is -0.353 e. The van der Waals surface area contributed by atoms with Crippen LogP contribution < -0.4 is 4.90 Å². The van der Waals surface area contributed by atoms with Crippen LogP contribution in [-0.2, 0) is 12.6 Å². The van der Waals surface area contributed by atoms with E-state index in [1.165, 1.54) is 48.2 Å². The molecule has 2 nitrogen and oxygen atoms in total. The molecular formula is C26H30N2S. The summed E-state index contributed by atoms with van der Waals surface area (Å²) in [5.41, 5.74) is 4.88. The molecule has 4 aliphatic carbocycles. The van der Waals surface area contributed by atoms with Crippen molar-refractivity contribution in [3.05, 3.63) is 52.5 Å². The highest BCUT2D eigenvalue weighted by atomic mass is 32.1. The molecule has 1 aliphatic heterocycles. The zero-order chi connectivity index (χ0) is 19.5. The van der Waals surface area contributed by atoms with Gasteiger partial charge in [0, 0.05) is 34.8 Å². The summed E-state index contributed by atoms with van der Waals surface area (Å²) in [4.78, 5) is 6.07. The van der Waals surface area contributed by atoms with Gasteiger partial charge in [0.05, 0.1) is 11.6 Å². The number of aryl methyl sites for hydroxylation is 2. The first-order valence-electron chi connectivity index (χ1n) is 11.5. The Morgan fingerprint density at radius 3 is 2.34 bits per heavy atom. The van der Waals surface area contributed by atoms with Crippen LogP contribution >= 0.6 is 11.3 Å². The minimum absolute atomic E-state index is 0.216. The van der Waals surface area contributed by atoms with E-state index in [-0.39, 0.29) is 5.54 Å². The third-order valence-corrected chi connectivity index (χ3v) is 10.5. The van der Waals surface area contributed by atoms with Crippen LogP contribution in [0.15, 0.2) is 36.5 Å². The number of aromatic nitrogens is 1. The lowest BCUT2D eigenvalue weighted by Crippen LogP contribution is -2.62. The maximum absolute atomic E-state index is 2.93. The number of benzene rings is 1. The molecule has 4 saturated carbocycles. The van der Waals surface area contributed by atoms with Gasteiger partial charge < -0.3 is 9.47 Å². The molecule has 0 N–H and O–H groups in total. The minimum atomic E-state index is 0.216. The molecule has 3 aromatic rings. The van der Waals surface area contributed by atoms with E-state index >= 15 is 0 Å². The molecule has 0 amide bonds. The van der Waals surface area contributed by atoms with Crippen LogP contribution in [0.3, 0.4) is 0 Å². The number of hydrogen-bond acceptors (Lipinski definition) is 2. The lowest BCUT2D eigenvalue weighted by atomic mass is 9.47. The van der Waals surface area contributed by atoms with Gasteiger partial charge in [0.1, 0.15) is 4.83 Å². The average molecular weight is 403 g/mol. The molecule has 1 unspecified atom stereocenters. The van der Waals surface area contributed by atoms with Crippen molar-refractivity contribution in [2.75, 3.05) is 4.90 Å². The maximum atomic E-state index is 2.93. The molecule has 3 heterocycles. The van der Waals surface area contributed by atoms with Crippen LogP contribution in [0, 0.1) is 30.6 Å². The van der Waals surface area contributed by atoms with Crippen LogP contribution in [-0.4, -0.2) is 4.57 Å². The number of anilines is 1. The second-order valence-electron chi connectivity index (χ2n) is 10.4. The Hall–Kier alpha value is -1.74. The van der Waals surface area contributed by atoms with E-state index < -0.39 is 0 Å². The van der Waals surface area contributed by atoms with Crippen molar-refractivity contribution in [3.8, 4) is 0 Å². The van der Waals surface area contributed by atoms with Gasteiger partial charge in [-0.15, -0.1) is 11.3 Å². The van der Waals surface area contributed by atoms with Crippen molar-refractivity contribution >= 4 is 27.2 Å².